The Bertz CT molecular complexity index is 534. The predicted molar refractivity (Wildman–Crippen MR) is 79.4 cm³/mol. The summed E-state index contributed by atoms with van der Waals surface area (Å²) in [6.07, 6.45) is 0.411. The van der Waals surface area contributed by atoms with E-state index in [1.165, 1.54) is 4.90 Å². The molecule has 22 heavy (non-hydrogen) atoms. The minimum absolute atomic E-state index is 0.0919. The van der Waals surface area contributed by atoms with Gasteiger partial charge in [-0.3, -0.25) is 0 Å². The van der Waals surface area contributed by atoms with Gasteiger partial charge in [0, 0.05) is 19.1 Å². The molecule has 2 aliphatic rings. The second kappa shape index (κ2) is 6.25. The van der Waals surface area contributed by atoms with E-state index in [0.29, 0.717) is 24.9 Å². The number of nitrogens with one attached hydrogen (secondary N) is 1. The van der Waals surface area contributed by atoms with Crippen LogP contribution in [0.25, 0.3) is 0 Å². The first-order valence-corrected chi connectivity index (χ1v) is 7.57. The number of carbonyl (C=O) groups is 2. The maximum Gasteiger partial charge on any atom is 0.407 e. The summed E-state index contributed by atoms with van der Waals surface area (Å²) in [6, 6.07) is 9.64. The lowest BCUT2D eigenvalue weighted by molar-refractivity contribution is 0.133. The first-order valence-electron chi connectivity index (χ1n) is 7.57. The second-order valence-corrected chi connectivity index (χ2v) is 6.08. The summed E-state index contributed by atoms with van der Waals surface area (Å²) in [6.45, 7) is 1.42. The van der Waals surface area contributed by atoms with Gasteiger partial charge in [0.25, 0.3) is 0 Å². The maximum atomic E-state index is 11.8. The first-order chi connectivity index (χ1) is 10.6. The topological polar surface area (TPSA) is 78.9 Å². The molecule has 1 saturated carbocycles. The highest BCUT2D eigenvalue weighted by Gasteiger charge is 2.42. The number of hydrogen-bond acceptors (Lipinski definition) is 3. The van der Waals surface area contributed by atoms with Crippen molar-refractivity contribution in [3.05, 3.63) is 35.9 Å². The van der Waals surface area contributed by atoms with Gasteiger partial charge in [-0.1, -0.05) is 30.3 Å². The van der Waals surface area contributed by atoms with E-state index in [9.17, 15) is 9.59 Å². The minimum Gasteiger partial charge on any atom is -0.465 e. The molecular formula is C16H20N2O4. The Labute approximate surface area is 129 Å². The van der Waals surface area contributed by atoms with Gasteiger partial charge in [-0.25, -0.2) is 9.59 Å². The van der Waals surface area contributed by atoms with Crippen molar-refractivity contribution in [1.82, 2.24) is 10.2 Å². The first kappa shape index (κ1) is 14.7. The van der Waals surface area contributed by atoms with E-state index < -0.39 is 12.2 Å². The van der Waals surface area contributed by atoms with Gasteiger partial charge < -0.3 is 20.1 Å². The highest BCUT2D eigenvalue weighted by molar-refractivity contribution is 5.68. The molecule has 3 rings (SSSR count). The van der Waals surface area contributed by atoms with Crippen LogP contribution >= 0.6 is 0 Å². The Morgan fingerprint density at radius 3 is 2.41 bits per heavy atom. The minimum atomic E-state index is -0.846. The van der Waals surface area contributed by atoms with Crippen molar-refractivity contribution in [2.24, 2.45) is 11.8 Å². The van der Waals surface area contributed by atoms with Gasteiger partial charge in [0.05, 0.1) is 0 Å². The van der Waals surface area contributed by atoms with Gasteiger partial charge in [0.1, 0.15) is 6.61 Å². The van der Waals surface area contributed by atoms with Crippen LogP contribution in [0.4, 0.5) is 9.59 Å². The summed E-state index contributed by atoms with van der Waals surface area (Å²) in [5, 5.41) is 11.9. The summed E-state index contributed by atoms with van der Waals surface area (Å²) in [4.78, 5) is 24.2. The molecule has 6 heteroatoms. The zero-order valence-electron chi connectivity index (χ0n) is 12.3. The number of likely N-dealkylation sites (tertiary alicyclic amines) is 1. The number of nitrogens with zero attached hydrogens (tertiary/aromatic N) is 1. The third-order valence-electron chi connectivity index (χ3n) is 4.56. The molecule has 0 radical (unpaired) electrons. The number of ether oxygens (including phenoxy) is 1. The smallest absolute Gasteiger partial charge is 0.407 e. The second-order valence-electron chi connectivity index (χ2n) is 6.08. The van der Waals surface area contributed by atoms with Gasteiger partial charge in [-0.2, -0.15) is 0 Å². The fourth-order valence-corrected chi connectivity index (χ4v) is 3.51. The van der Waals surface area contributed by atoms with Crippen molar-refractivity contribution in [2.75, 3.05) is 13.1 Å². The van der Waals surface area contributed by atoms with Crippen molar-refractivity contribution in [1.29, 1.82) is 0 Å². The maximum absolute atomic E-state index is 11.8. The van der Waals surface area contributed by atoms with Crippen LogP contribution in [0.3, 0.4) is 0 Å². The van der Waals surface area contributed by atoms with Crippen LogP contribution in [0.5, 0.6) is 0 Å². The molecule has 3 atom stereocenters. The van der Waals surface area contributed by atoms with Gasteiger partial charge in [0.15, 0.2) is 0 Å². The predicted octanol–water partition coefficient (Wildman–Crippen LogP) is 2.30. The Morgan fingerprint density at radius 2 is 1.82 bits per heavy atom. The third-order valence-corrected chi connectivity index (χ3v) is 4.56. The molecule has 2 amide bonds. The fraction of sp³-hybridized carbons (Fsp3) is 0.500. The van der Waals surface area contributed by atoms with E-state index in [4.69, 9.17) is 9.84 Å². The highest BCUT2D eigenvalue weighted by Crippen LogP contribution is 2.38. The molecule has 1 heterocycles. The van der Waals surface area contributed by atoms with E-state index in [-0.39, 0.29) is 12.6 Å². The molecule has 2 fully saturated rings. The third kappa shape index (κ3) is 3.32. The summed E-state index contributed by atoms with van der Waals surface area (Å²) in [5.41, 5.74) is 0.957. The Morgan fingerprint density at radius 1 is 1.18 bits per heavy atom. The lowest BCUT2D eigenvalue weighted by atomic mass is 10.0. The van der Waals surface area contributed by atoms with Gasteiger partial charge in [0.2, 0.25) is 0 Å². The van der Waals surface area contributed by atoms with Crippen LogP contribution in [-0.2, 0) is 11.3 Å². The van der Waals surface area contributed by atoms with Crippen LogP contribution in [0.15, 0.2) is 30.3 Å². The quantitative estimate of drug-likeness (QED) is 0.898. The Balaban J connectivity index is 1.42. The number of carbonyl (C=O) groups excluding carboxylic acids is 1. The zero-order valence-corrected chi connectivity index (χ0v) is 12.3. The summed E-state index contributed by atoms with van der Waals surface area (Å²) >= 11 is 0. The normalized spacial score (nSPS) is 26.5. The zero-order chi connectivity index (χ0) is 15.5. The number of carboxylic acid groups (broad SMARTS) is 1. The van der Waals surface area contributed by atoms with E-state index in [1.807, 2.05) is 30.3 Å². The van der Waals surface area contributed by atoms with Gasteiger partial charge in [-0.05, 0) is 30.2 Å². The summed E-state index contributed by atoms with van der Waals surface area (Å²) in [7, 11) is 0. The number of hydrogen-bond donors (Lipinski definition) is 2. The van der Waals surface area contributed by atoms with Crippen molar-refractivity contribution < 1.29 is 19.4 Å². The Kier molecular flexibility index (Phi) is 4.18. The molecule has 1 aliphatic carbocycles. The van der Waals surface area contributed by atoms with Crippen molar-refractivity contribution in [2.45, 2.75) is 25.5 Å². The number of rotatable bonds is 3. The van der Waals surface area contributed by atoms with E-state index in [0.717, 1.165) is 18.4 Å². The van der Waals surface area contributed by atoms with Crippen LogP contribution in [0.1, 0.15) is 18.4 Å². The Hall–Kier alpha value is -2.24. The van der Waals surface area contributed by atoms with E-state index in [2.05, 4.69) is 5.32 Å². The molecule has 1 aromatic carbocycles. The van der Waals surface area contributed by atoms with Crippen LogP contribution in [-0.4, -0.2) is 41.3 Å². The molecule has 1 unspecified atom stereocenters. The van der Waals surface area contributed by atoms with Crippen molar-refractivity contribution in [3.8, 4) is 0 Å². The average Bonchev–Trinajstić information content (AvgIpc) is 3.04. The van der Waals surface area contributed by atoms with Crippen LogP contribution in [0.2, 0.25) is 0 Å². The molecule has 2 N–H and O–H groups in total. The number of fused-ring (bicyclic) bond motifs is 1. The van der Waals surface area contributed by atoms with Crippen LogP contribution in [0, 0.1) is 11.8 Å². The number of benzene rings is 1. The van der Waals surface area contributed by atoms with Crippen LogP contribution < -0.4 is 5.32 Å². The molecule has 118 valence electrons. The summed E-state index contributed by atoms with van der Waals surface area (Å²) < 4.78 is 5.22. The standard InChI is InChI=1S/C16H20N2O4/c19-15(22-10-11-4-2-1-3-5-11)17-14-6-12-8-18(16(20)21)9-13(12)7-14/h1-5,12-14H,6-10H2,(H,17,19)(H,20,21)/t12-,13+,14?. The molecule has 0 bridgehead atoms. The molecule has 0 spiro atoms. The number of amides is 2. The average molecular weight is 304 g/mol. The molecule has 0 aromatic heterocycles. The lowest BCUT2D eigenvalue weighted by Crippen LogP contribution is -2.35. The van der Waals surface area contributed by atoms with Gasteiger partial charge in [-0.15, -0.1) is 0 Å². The molecular weight excluding hydrogens is 284 g/mol. The van der Waals surface area contributed by atoms with E-state index in [1.54, 1.807) is 0 Å². The molecule has 1 saturated heterocycles. The molecule has 1 aliphatic heterocycles. The fourth-order valence-electron chi connectivity index (χ4n) is 3.51. The monoisotopic (exact) mass is 304 g/mol. The summed E-state index contributed by atoms with van der Waals surface area (Å²) in [5.74, 6) is 0.714. The molecule has 1 aromatic rings. The highest BCUT2D eigenvalue weighted by atomic mass is 16.5. The number of alkyl carbamates (subject to hydrolysis) is 1. The van der Waals surface area contributed by atoms with Crippen molar-refractivity contribution in [3.63, 3.8) is 0 Å². The SMILES string of the molecule is O=C(NC1C[C@@H]2CN(C(=O)O)C[C@@H]2C1)OCc1ccccc1. The largest absolute Gasteiger partial charge is 0.465 e. The van der Waals surface area contributed by atoms with E-state index >= 15 is 0 Å². The lowest BCUT2D eigenvalue weighted by Gasteiger charge is -2.17. The molecule has 6 nitrogen and oxygen atoms in total. The van der Waals surface area contributed by atoms with Crippen molar-refractivity contribution >= 4 is 12.2 Å². The van der Waals surface area contributed by atoms with Gasteiger partial charge >= 0.3 is 12.2 Å².